The first kappa shape index (κ1) is 26.8. The number of rotatable bonds is 12. The number of hydrogen-bond donors (Lipinski definition) is 2. The van der Waals surface area contributed by atoms with Crippen LogP contribution in [0.25, 0.3) is 16.3 Å². The zero-order chi connectivity index (χ0) is 26.0. The molecule has 0 spiro atoms. The van der Waals surface area contributed by atoms with Crippen molar-refractivity contribution in [1.82, 2.24) is 0 Å². The van der Waals surface area contributed by atoms with Gasteiger partial charge >= 0.3 is 0 Å². The van der Waals surface area contributed by atoms with Crippen LogP contribution in [-0.4, -0.2) is 25.7 Å². The highest BCUT2D eigenvalue weighted by Crippen LogP contribution is 2.37. The van der Waals surface area contributed by atoms with E-state index in [1.54, 1.807) is 0 Å². The second-order valence-electron chi connectivity index (χ2n) is 10.00. The molecular formula is C34H43N3. The third-order valence-electron chi connectivity index (χ3n) is 7.13. The van der Waals surface area contributed by atoms with Gasteiger partial charge in [-0.05, 0) is 65.1 Å². The third kappa shape index (κ3) is 6.53. The Hall–Kier alpha value is -3.30. The van der Waals surface area contributed by atoms with E-state index in [1.165, 1.54) is 70.1 Å². The summed E-state index contributed by atoms with van der Waals surface area (Å²) >= 11 is 0. The molecule has 37 heavy (non-hydrogen) atoms. The molecule has 0 heterocycles. The molecule has 0 radical (unpaired) electrons. The number of benzene rings is 3. The van der Waals surface area contributed by atoms with Crippen molar-refractivity contribution < 1.29 is 0 Å². The zero-order valence-corrected chi connectivity index (χ0v) is 22.8. The van der Waals surface area contributed by atoms with Crippen LogP contribution in [0.1, 0.15) is 64.0 Å². The highest BCUT2D eigenvalue weighted by atomic mass is 15.1. The van der Waals surface area contributed by atoms with Crippen molar-refractivity contribution in [1.29, 1.82) is 0 Å². The van der Waals surface area contributed by atoms with Crippen molar-refractivity contribution in [2.45, 2.75) is 58.9 Å². The maximum absolute atomic E-state index is 6.15. The lowest BCUT2D eigenvalue weighted by atomic mass is 9.87. The Morgan fingerprint density at radius 1 is 0.784 bits per heavy atom. The summed E-state index contributed by atoms with van der Waals surface area (Å²) in [4.78, 5) is 2.55. The Morgan fingerprint density at radius 3 is 2.05 bits per heavy atom. The average molecular weight is 494 g/mol. The van der Waals surface area contributed by atoms with Crippen molar-refractivity contribution in [2.75, 3.05) is 29.9 Å². The van der Waals surface area contributed by atoms with E-state index < -0.39 is 0 Å². The van der Waals surface area contributed by atoms with Gasteiger partial charge in [-0.1, -0.05) is 100 Å². The van der Waals surface area contributed by atoms with Crippen LogP contribution in [0.5, 0.6) is 0 Å². The maximum Gasteiger partial charge on any atom is 0.0420 e. The van der Waals surface area contributed by atoms with Gasteiger partial charge in [-0.3, -0.25) is 0 Å². The molecule has 0 fully saturated rings. The predicted octanol–water partition coefficient (Wildman–Crippen LogP) is 8.32. The summed E-state index contributed by atoms with van der Waals surface area (Å²) in [6, 6.07) is 22.4. The predicted molar refractivity (Wildman–Crippen MR) is 163 cm³/mol. The van der Waals surface area contributed by atoms with Crippen molar-refractivity contribution >= 4 is 27.7 Å². The first-order valence-corrected chi connectivity index (χ1v) is 14.1. The highest BCUT2D eigenvalue weighted by molar-refractivity contribution is 6.04. The fourth-order valence-corrected chi connectivity index (χ4v) is 5.03. The van der Waals surface area contributed by atoms with Gasteiger partial charge in [0.1, 0.15) is 0 Å². The van der Waals surface area contributed by atoms with E-state index in [0.29, 0.717) is 0 Å². The molecule has 3 aromatic carbocycles. The van der Waals surface area contributed by atoms with Crippen LogP contribution in [0.2, 0.25) is 0 Å². The summed E-state index contributed by atoms with van der Waals surface area (Å²) in [5, 5.41) is 6.14. The summed E-state index contributed by atoms with van der Waals surface area (Å²) in [5.41, 5.74) is 13.6. The molecule has 194 valence electrons. The molecule has 0 amide bonds. The number of hydrogen-bond acceptors (Lipinski definition) is 3. The highest BCUT2D eigenvalue weighted by Gasteiger charge is 2.16. The van der Waals surface area contributed by atoms with Crippen molar-refractivity contribution in [2.24, 2.45) is 5.73 Å². The van der Waals surface area contributed by atoms with E-state index in [-0.39, 0.29) is 6.04 Å². The minimum absolute atomic E-state index is 0.0320. The number of allylic oxidation sites excluding steroid dienone is 3. The SMILES string of the molecule is CCCCN(CCCC)c1ccc(C(=C2C=CC(N)C=C2)c2ccc(NCCC)c3ccccc23)cc1. The molecule has 0 unspecified atom stereocenters. The lowest BCUT2D eigenvalue weighted by Gasteiger charge is -2.25. The number of nitrogens with one attached hydrogen (secondary N) is 1. The van der Waals surface area contributed by atoms with Gasteiger partial charge < -0.3 is 16.0 Å². The standard InChI is InChI=1S/C34H43N3/c1-4-7-24-37(25-8-5-2)29-19-15-27(16-20-29)34(26-13-17-28(35)18-14-26)32-21-22-33(36-23-6-3)31-12-10-9-11-30(31)32/h9-22,28,36H,4-8,23-25,35H2,1-3H3. The van der Waals surface area contributed by atoms with Gasteiger partial charge in [0, 0.05) is 42.4 Å². The fourth-order valence-electron chi connectivity index (χ4n) is 5.03. The quantitative estimate of drug-likeness (QED) is 0.266. The lowest BCUT2D eigenvalue weighted by molar-refractivity contribution is 0.678. The molecule has 1 aliphatic carbocycles. The molecule has 4 rings (SSSR count). The number of unbranched alkanes of at least 4 members (excludes halogenated alkanes) is 2. The van der Waals surface area contributed by atoms with Crippen LogP contribution < -0.4 is 16.0 Å². The van der Waals surface area contributed by atoms with Crippen LogP contribution >= 0.6 is 0 Å². The van der Waals surface area contributed by atoms with Gasteiger partial charge in [0.2, 0.25) is 0 Å². The molecule has 0 saturated heterocycles. The summed E-state index contributed by atoms with van der Waals surface area (Å²) in [6.45, 7) is 9.94. The Kier molecular flexibility index (Phi) is 9.62. The van der Waals surface area contributed by atoms with Gasteiger partial charge in [0.05, 0.1) is 0 Å². The molecule has 0 saturated carbocycles. The molecular weight excluding hydrogens is 450 g/mol. The van der Waals surface area contributed by atoms with Crippen LogP contribution in [0.4, 0.5) is 11.4 Å². The van der Waals surface area contributed by atoms with Crippen molar-refractivity contribution in [3.8, 4) is 0 Å². The van der Waals surface area contributed by atoms with Gasteiger partial charge in [-0.15, -0.1) is 0 Å². The number of fused-ring (bicyclic) bond motifs is 1. The second kappa shape index (κ2) is 13.3. The molecule has 3 heteroatoms. The summed E-state index contributed by atoms with van der Waals surface area (Å²) in [6.07, 6.45) is 14.5. The molecule has 3 aromatic rings. The van der Waals surface area contributed by atoms with E-state index in [1.807, 2.05) is 0 Å². The third-order valence-corrected chi connectivity index (χ3v) is 7.13. The van der Waals surface area contributed by atoms with E-state index in [2.05, 4.69) is 116 Å². The fraction of sp³-hybridized carbons (Fsp3) is 0.353. The Labute approximate surface area is 223 Å². The molecule has 0 aliphatic heterocycles. The van der Waals surface area contributed by atoms with E-state index in [9.17, 15) is 0 Å². The smallest absolute Gasteiger partial charge is 0.0420 e. The zero-order valence-electron chi connectivity index (χ0n) is 22.8. The van der Waals surface area contributed by atoms with Crippen LogP contribution in [-0.2, 0) is 0 Å². The van der Waals surface area contributed by atoms with E-state index in [4.69, 9.17) is 5.73 Å². The minimum atomic E-state index is -0.0320. The normalized spacial score (nSPS) is 14.8. The molecule has 3 nitrogen and oxygen atoms in total. The molecule has 3 N–H and O–H groups in total. The number of nitrogens with two attached hydrogens (primary N) is 1. The molecule has 1 aliphatic rings. The van der Waals surface area contributed by atoms with Gasteiger partial charge in [-0.2, -0.15) is 0 Å². The van der Waals surface area contributed by atoms with Gasteiger partial charge in [0.15, 0.2) is 0 Å². The Bertz CT molecular complexity index is 1230. The molecule has 0 bridgehead atoms. The molecule has 0 atom stereocenters. The van der Waals surface area contributed by atoms with E-state index >= 15 is 0 Å². The summed E-state index contributed by atoms with van der Waals surface area (Å²) in [7, 11) is 0. The van der Waals surface area contributed by atoms with Gasteiger partial charge in [-0.25, -0.2) is 0 Å². The average Bonchev–Trinajstić information content (AvgIpc) is 2.94. The van der Waals surface area contributed by atoms with E-state index in [0.717, 1.165) is 26.1 Å². The lowest BCUT2D eigenvalue weighted by Crippen LogP contribution is -2.25. The Balaban J connectivity index is 1.81. The first-order valence-electron chi connectivity index (χ1n) is 14.1. The largest absolute Gasteiger partial charge is 0.385 e. The maximum atomic E-state index is 6.15. The Morgan fingerprint density at radius 2 is 1.43 bits per heavy atom. The van der Waals surface area contributed by atoms with Gasteiger partial charge in [0.25, 0.3) is 0 Å². The monoisotopic (exact) mass is 493 g/mol. The van der Waals surface area contributed by atoms with Crippen molar-refractivity contribution in [3.63, 3.8) is 0 Å². The summed E-state index contributed by atoms with van der Waals surface area (Å²) < 4.78 is 0. The van der Waals surface area contributed by atoms with Crippen LogP contribution in [0.15, 0.2) is 90.5 Å². The minimum Gasteiger partial charge on any atom is -0.385 e. The number of nitrogens with zero attached hydrogens (tertiary/aromatic N) is 1. The van der Waals surface area contributed by atoms with Crippen molar-refractivity contribution in [3.05, 3.63) is 102 Å². The second-order valence-corrected chi connectivity index (χ2v) is 10.00. The summed E-state index contributed by atoms with van der Waals surface area (Å²) in [5.74, 6) is 0. The van der Waals surface area contributed by atoms with Crippen LogP contribution in [0, 0.1) is 0 Å². The molecule has 0 aromatic heterocycles. The first-order chi connectivity index (χ1) is 18.2. The number of anilines is 2. The van der Waals surface area contributed by atoms with Crippen LogP contribution in [0.3, 0.4) is 0 Å². The topological polar surface area (TPSA) is 41.3 Å².